The zero-order valence-corrected chi connectivity index (χ0v) is 7.36. The molecule has 1 aromatic heterocycles. The van der Waals surface area contributed by atoms with Gasteiger partial charge in [0.1, 0.15) is 11.9 Å². The van der Waals surface area contributed by atoms with E-state index in [-0.39, 0.29) is 0 Å². The van der Waals surface area contributed by atoms with Crippen molar-refractivity contribution in [1.82, 2.24) is 4.98 Å². The topological polar surface area (TPSA) is 74.7 Å². The van der Waals surface area contributed by atoms with Gasteiger partial charge in [-0.25, -0.2) is 10.8 Å². The van der Waals surface area contributed by atoms with Gasteiger partial charge in [0.15, 0.2) is 0 Å². The molecule has 0 atom stereocenters. The van der Waals surface area contributed by atoms with Crippen LogP contribution in [0.5, 0.6) is 0 Å². The first kappa shape index (κ1) is 8.48. The van der Waals surface area contributed by atoms with E-state index in [2.05, 4.69) is 16.5 Å². The van der Waals surface area contributed by atoms with Gasteiger partial charge in [-0.3, -0.25) is 0 Å². The molecule has 0 spiro atoms. The molecule has 1 heterocycles. The summed E-state index contributed by atoms with van der Waals surface area (Å²) in [6.07, 6.45) is 1.51. The standard InChI is InChI=1S/C10H8N4/c11-5-7-6-13-10(14-12)9-4-2-1-3-8(7)9/h1-4,6H,12H2,(H,13,14). The van der Waals surface area contributed by atoms with Gasteiger partial charge in [0, 0.05) is 17.0 Å². The van der Waals surface area contributed by atoms with Crippen LogP contribution < -0.4 is 11.3 Å². The Kier molecular flexibility index (Phi) is 2.01. The molecule has 0 radical (unpaired) electrons. The lowest BCUT2D eigenvalue weighted by Gasteiger charge is -2.04. The number of pyridine rings is 1. The van der Waals surface area contributed by atoms with E-state index in [0.717, 1.165) is 10.8 Å². The van der Waals surface area contributed by atoms with Crippen LogP contribution in [0, 0.1) is 11.3 Å². The molecule has 4 heteroatoms. The van der Waals surface area contributed by atoms with E-state index in [1.54, 1.807) is 0 Å². The maximum Gasteiger partial charge on any atom is 0.147 e. The van der Waals surface area contributed by atoms with E-state index in [1.165, 1.54) is 6.20 Å². The lowest BCUT2D eigenvalue weighted by molar-refractivity contribution is 1.24. The van der Waals surface area contributed by atoms with Crippen LogP contribution in [-0.2, 0) is 0 Å². The third-order valence-corrected chi connectivity index (χ3v) is 2.05. The van der Waals surface area contributed by atoms with Gasteiger partial charge < -0.3 is 5.43 Å². The molecule has 0 aliphatic carbocycles. The smallest absolute Gasteiger partial charge is 0.147 e. The van der Waals surface area contributed by atoms with Gasteiger partial charge in [0.25, 0.3) is 0 Å². The molecule has 2 aromatic rings. The molecule has 3 N–H and O–H groups in total. The molecule has 68 valence electrons. The fourth-order valence-electron chi connectivity index (χ4n) is 1.40. The van der Waals surface area contributed by atoms with Crippen LogP contribution in [0.2, 0.25) is 0 Å². The molecular weight excluding hydrogens is 176 g/mol. The number of hydrogen-bond acceptors (Lipinski definition) is 4. The van der Waals surface area contributed by atoms with Crippen LogP contribution in [0.3, 0.4) is 0 Å². The Bertz CT molecular complexity index is 513. The van der Waals surface area contributed by atoms with Crippen LogP contribution in [-0.4, -0.2) is 4.98 Å². The SMILES string of the molecule is N#Cc1cnc(NN)c2ccccc12. The second kappa shape index (κ2) is 3.32. The van der Waals surface area contributed by atoms with Gasteiger partial charge in [0.05, 0.1) is 5.56 Å². The summed E-state index contributed by atoms with van der Waals surface area (Å²) in [5, 5.41) is 10.6. The lowest BCUT2D eigenvalue weighted by atomic mass is 10.1. The number of rotatable bonds is 1. The average Bonchev–Trinajstić information content (AvgIpc) is 2.27. The van der Waals surface area contributed by atoms with Crippen LogP contribution >= 0.6 is 0 Å². The van der Waals surface area contributed by atoms with Gasteiger partial charge in [-0.05, 0) is 0 Å². The normalized spacial score (nSPS) is 9.71. The summed E-state index contributed by atoms with van der Waals surface area (Å²) in [6.45, 7) is 0. The number of nitrogen functional groups attached to an aromatic ring is 1. The molecule has 0 aliphatic heterocycles. The third kappa shape index (κ3) is 1.16. The molecule has 0 aliphatic rings. The number of hydrogen-bond donors (Lipinski definition) is 2. The summed E-state index contributed by atoms with van der Waals surface area (Å²) in [5.74, 6) is 5.89. The van der Waals surface area contributed by atoms with E-state index in [4.69, 9.17) is 11.1 Å². The minimum Gasteiger partial charge on any atom is -0.308 e. The van der Waals surface area contributed by atoms with E-state index in [0.29, 0.717) is 11.4 Å². The molecule has 0 unspecified atom stereocenters. The maximum atomic E-state index is 8.86. The van der Waals surface area contributed by atoms with Gasteiger partial charge >= 0.3 is 0 Å². The summed E-state index contributed by atoms with van der Waals surface area (Å²) >= 11 is 0. The van der Waals surface area contributed by atoms with Crippen molar-refractivity contribution in [3.05, 3.63) is 36.0 Å². The number of nitrogens with zero attached hydrogens (tertiary/aromatic N) is 2. The summed E-state index contributed by atoms with van der Waals surface area (Å²) in [4.78, 5) is 4.04. The summed E-state index contributed by atoms with van der Waals surface area (Å²) in [6, 6.07) is 9.59. The highest BCUT2D eigenvalue weighted by Gasteiger charge is 2.04. The van der Waals surface area contributed by atoms with E-state index in [9.17, 15) is 0 Å². The molecule has 1 aromatic carbocycles. The van der Waals surface area contributed by atoms with Crippen molar-refractivity contribution in [2.45, 2.75) is 0 Å². The summed E-state index contributed by atoms with van der Waals surface area (Å²) in [7, 11) is 0. The predicted octanol–water partition coefficient (Wildman–Crippen LogP) is 1.39. The van der Waals surface area contributed by atoms with Gasteiger partial charge in [0.2, 0.25) is 0 Å². The Morgan fingerprint density at radius 3 is 2.64 bits per heavy atom. The van der Waals surface area contributed by atoms with Crippen molar-refractivity contribution in [3.8, 4) is 6.07 Å². The molecule has 0 fully saturated rings. The fraction of sp³-hybridized carbons (Fsp3) is 0. The number of aromatic nitrogens is 1. The Morgan fingerprint density at radius 2 is 2.00 bits per heavy atom. The van der Waals surface area contributed by atoms with Crippen LogP contribution in [0.1, 0.15) is 5.56 Å². The minimum absolute atomic E-state index is 0.555. The Labute approximate surface area is 81.0 Å². The molecule has 0 amide bonds. The number of anilines is 1. The number of benzene rings is 1. The van der Waals surface area contributed by atoms with Crippen molar-refractivity contribution < 1.29 is 0 Å². The second-order valence-electron chi connectivity index (χ2n) is 2.82. The quantitative estimate of drug-likeness (QED) is 0.518. The van der Waals surface area contributed by atoms with E-state index in [1.807, 2.05) is 24.3 Å². The summed E-state index contributed by atoms with van der Waals surface area (Å²) in [5.41, 5.74) is 3.06. The zero-order valence-electron chi connectivity index (χ0n) is 7.36. The predicted molar refractivity (Wildman–Crippen MR) is 54.3 cm³/mol. The highest BCUT2D eigenvalue weighted by molar-refractivity contribution is 5.95. The Hall–Kier alpha value is -2.12. The van der Waals surface area contributed by atoms with Crippen molar-refractivity contribution >= 4 is 16.6 Å². The second-order valence-corrected chi connectivity index (χ2v) is 2.82. The minimum atomic E-state index is 0.555. The molecule has 2 rings (SSSR count). The van der Waals surface area contributed by atoms with Gasteiger partial charge in [-0.15, -0.1) is 0 Å². The van der Waals surface area contributed by atoms with Gasteiger partial charge in [-0.1, -0.05) is 24.3 Å². The van der Waals surface area contributed by atoms with Crippen molar-refractivity contribution in [2.24, 2.45) is 5.84 Å². The average molecular weight is 184 g/mol. The number of fused-ring (bicyclic) bond motifs is 1. The van der Waals surface area contributed by atoms with Gasteiger partial charge in [-0.2, -0.15) is 5.26 Å². The number of nitrogens with two attached hydrogens (primary N) is 1. The monoisotopic (exact) mass is 184 g/mol. The number of nitriles is 1. The first-order valence-corrected chi connectivity index (χ1v) is 4.11. The first-order valence-electron chi connectivity index (χ1n) is 4.11. The van der Waals surface area contributed by atoms with Crippen LogP contribution in [0.4, 0.5) is 5.82 Å². The molecule has 14 heavy (non-hydrogen) atoms. The first-order chi connectivity index (χ1) is 6.86. The lowest BCUT2D eigenvalue weighted by Crippen LogP contribution is -2.09. The zero-order chi connectivity index (χ0) is 9.97. The fourth-order valence-corrected chi connectivity index (χ4v) is 1.40. The molecule has 4 nitrogen and oxygen atoms in total. The van der Waals surface area contributed by atoms with E-state index >= 15 is 0 Å². The van der Waals surface area contributed by atoms with Crippen LogP contribution in [0.15, 0.2) is 30.5 Å². The summed E-state index contributed by atoms with van der Waals surface area (Å²) < 4.78 is 0. The molecular formula is C10H8N4. The van der Waals surface area contributed by atoms with Crippen molar-refractivity contribution in [1.29, 1.82) is 5.26 Å². The van der Waals surface area contributed by atoms with Crippen molar-refractivity contribution in [2.75, 3.05) is 5.43 Å². The highest BCUT2D eigenvalue weighted by atomic mass is 15.2. The Balaban J connectivity index is 2.87. The van der Waals surface area contributed by atoms with Crippen molar-refractivity contribution in [3.63, 3.8) is 0 Å². The molecule has 0 saturated carbocycles. The number of hydrazine groups is 1. The third-order valence-electron chi connectivity index (χ3n) is 2.05. The van der Waals surface area contributed by atoms with Crippen LogP contribution in [0.25, 0.3) is 10.8 Å². The largest absolute Gasteiger partial charge is 0.308 e. The maximum absolute atomic E-state index is 8.86. The highest BCUT2D eigenvalue weighted by Crippen LogP contribution is 2.22. The number of nitrogens with one attached hydrogen (secondary N) is 1. The molecule has 0 bridgehead atoms. The van der Waals surface area contributed by atoms with E-state index < -0.39 is 0 Å². The Morgan fingerprint density at radius 1 is 1.29 bits per heavy atom. The molecule has 0 saturated heterocycles.